The number of amides is 2. The van der Waals surface area contributed by atoms with Gasteiger partial charge in [0.05, 0.1) is 6.20 Å². The first kappa shape index (κ1) is 16.6. The van der Waals surface area contributed by atoms with E-state index in [2.05, 4.69) is 15.8 Å². The van der Waals surface area contributed by atoms with E-state index in [1.165, 1.54) is 6.39 Å². The lowest BCUT2D eigenvalue weighted by Crippen LogP contribution is -2.41. The predicted molar refractivity (Wildman–Crippen MR) is 97.8 cm³/mol. The number of benzene rings is 2. The highest BCUT2D eigenvalue weighted by atomic mass is 16.3. The van der Waals surface area contributed by atoms with Crippen LogP contribution in [0.15, 0.2) is 70.0 Å². The van der Waals surface area contributed by atoms with Gasteiger partial charge in [-0.05, 0) is 25.1 Å². The lowest BCUT2D eigenvalue weighted by atomic mass is 10.1. The van der Waals surface area contributed by atoms with E-state index in [1.807, 2.05) is 18.2 Å². The SMILES string of the molecule is Cc1c(C(=O)NNC(=O)c2ccc(-c3cnco3)cc2)oc2ccccc12. The topological polar surface area (TPSA) is 97.4 Å². The highest BCUT2D eigenvalue weighted by Crippen LogP contribution is 2.24. The van der Waals surface area contributed by atoms with Crippen LogP contribution in [-0.4, -0.2) is 16.8 Å². The highest BCUT2D eigenvalue weighted by molar-refractivity contribution is 6.01. The minimum atomic E-state index is -0.518. The number of carbonyl (C=O) groups is 2. The summed E-state index contributed by atoms with van der Waals surface area (Å²) in [6, 6.07) is 14.1. The Morgan fingerprint density at radius 3 is 2.41 bits per heavy atom. The Kier molecular flexibility index (Phi) is 4.18. The minimum absolute atomic E-state index is 0.164. The maximum atomic E-state index is 12.3. The molecule has 2 amide bonds. The number of hydrazine groups is 1. The number of fused-ring (bicyclic) bond motifs is 1. The highest BCUT2D eigenvalue weighted by Gasteiger charge is 2.18. The molecule has 2 aromatic heterocycles. The number of aryl methyl sites for hydroxylation is 1. The average molecular weight is 361 g/mol. The molecule has 7 heteroatoms. The predicted octanol–water partition coefficient (Wildman–Crippen LogP) is 3.47. The van der Waals surface area contributed by atoms with Gasteiger partial charge in [-0.1, -0.05) is 30.3 Å². The van der Waals surface area contributed by atoms with E-state index >= 15 is 0 Å². The third-order valence-electron chi connectivity index (χ3n) is 4.20. The number of carbonyl (C=O) groups excluding carboxylic acids is 2. The van der Waals surface area contributed by atoms with Crippen LogP contribution in [0, 0.1) is 6.92 Å². The average Bonchev–Trinajstić information content (AvgIpc) is 3.35. The molecule has 0 aliphatic heterocycles. The van der Waals surface area contributed by atoms with Crippen molar-refractivity contribution in [1.82, 2.24) is 15.8 Å². The molecule has 134 valence electrons. The summed E-state index contributed by atoms with van der Waals surface area (Å²) in [6.07, 6.45) is 2.93. The van der Waals surface area contributed by atoms with Crippen LogP contribution >= 0.6 is 0 Å². The second-order valence-electron chi connectivity index (χ2n) is 5.90. The fourth-order valence-corrected chi connectivity index (χ4v) is 2.78. The summed E-state index contributed by atoms with van der Waals surface area (Å²) < 4.78 is 10.8. The van der Waals surface area contributed by atoms with Crippen molar-refractivity contribution < 1.29 is 18.4 Å². The van der Waals surface area contributed by atoms with Crippen molar-refractivity contribution in [3.8, 4) is 11.3 Å². The van der Waals surface area contributed by atoms with Gasteiger partial charge in [0.1, 0.15) is 5.58 Å². The molecular formula is C20H15N3O4. The van der Waals surface area contributed by atoms with E-state index < -0.39 is 11.8 Å². The zero-order valence-corrected chi connectivity index (χ0v) is 14.4. The van der Waals surface area contributed by atoms with Crippen LogP contribution in [0.25, 0.3) is 22.3 Å². The van der Waals surface area contributed by atoms with Gasteiger partial charge in [0, 0.05) is 22.1 Å². The van der Waals surface area contributed by atoms with Crippen LogP contribution in [0.3, 0.4) is 0 Å². The third kappa shape index (κ3) is 3.18. The van der Waals surface area contributed by atoms with Gasteiger partial charge in [-0.3, -0.25) is 20.4 Å². The molecule has 2 N–H and O–H groups in total. The number of nitrogens with zero attached hydrogens (tertiary/aromatic N) is 1. The number of furan rings is 1. The monoisotopic (exact) mass is 361 g/mol. The van der Waals surface area contributed by atoms with Crippen LogP contribution in [0.2, 0.25) is 0 Å². The van der Waals surface area contributed by atoms with Crippen LogP contribution in [0.5, 0.6) is 0 Å². The zero-order valence-electron chi connectivity index (χ0n) is 14.4. The van der Waals surface area contributed by atoms with Crippen molar-refractivity contribution >= 4 is 22.8 Å². The molecule has 0 saturated carbocycles. The van der Waals surface area contributed by atoms with E-state index in [-0.39, 0.29) is 5.76 Å². The molecule has 4 aromatic rings. The van der Waals surface area contributed by atoms with Crippen LogP contribution in [0.1, 0.15) is 26.5 Å². The molecule has 7 nitrogen and oxygen atoms in total. The van der Waals surface area contributed by atoms with Crippen LogP contribution in [-0.2, 0) is 0 Å². The van der Waals surface area contributed by atoms with E-state index in [4.69, 9.17) is 8.83 Å². The lowest BCUT2D eigenvalue weighted by molar-refractivity contribution is 0.0831. The molecule has 0 bridgehead atoms. The number of nitrogens with one attached hydrogen (secondary N) is 2. The maximum absolute atomic E-state index is 12.3. The van der Waals surface area contributed by atoms with Crippen LogP contribution < -0.4 is 10.9 Å². The fraction of sp³-hybridized carbons (Fsp3) is 0.0500. The van der Waals surface area contributed by atoms with Crippen molar-refractivity contribution in [2.75, 3.05) is 0 Å². The zero-order chi connectivity index (χ0) is 18.8. The molecular weight excluding hydrogens is 346 g/mol. The van der Waals surface area contributed by atoms with Gasteiger partial charge in [-0.2, -0.15) is 0 Å². The van der Waals surface area contributed by atoms with Crippen molar-refractivity contribution in [2.24, 2.45) is 0 Å². The number of hydrogen-bond acceptors (Lipinski definition) is 5. The Balaban J connectivity index is 1.44. The Morgan fingerprint density at radius 1 is 0.963 bits per heavy atom. The number of rotatable bonds is 3. The molecule has 0 aliphatic carbocycles. The summed E-state index contributed by atoms with van der Waals surface area (Å²) in [5, 5.41) is 0.858. The summed E-state index contributed by atoms with van der Waals surface area (Å²) >= 11 is 0. The van der Waals surface area contributed by atoms with Crippen molar-refractivity contribution in [3.05, 3.63) is 78.0 Å². The van der Waals surface area contributed by atoms with E-state index in [1.54, 1.807) is 43.5 Å². The Labute approximate surface area is 154 Å². The Bertz CT molecular complexity index is 1110. The van der Waals surface area contributed by atoms with Crippen LogP contribution in [0.4, 0.5) is 0 Å². The second-order valence-corrected chi connectivity index (χ2v) is 5.90. The lowest BCUT2D eigenvalue weighted by Gasteiger charge is -2.07. The molecule has 0 saturated heterocycles. The van der Waals surface area contributed by atoms with Gasteiger partial charge >= 0.3 is 5.91 Å². The normalized spacial score (nSPS) is 10.7. The third-order valence-corrected chi connectivity index (χ3v) is 4.20. The van der Waals surface area contributed by atoms with Crippen molar-refractivity contribution in [1.29, 1.82) is 0 Å². The molecule has 4 rings (SSSR count). The van der Waals surface area contributed by atoms with Gasteiger partial charge < -0.3 is 8.83 Å². The van der Waals surface area contributed by atoms with Crippen molar-refractivity contribution in [3.63, 3.8) is 0 Å². The molecule has 2 heterocycles. The molecule has 0 atom stereocenters. The first-order chi connectivity index (χ1) is 13.1. The maximum Gasteiger partial charge on any atom is 0.305 e. The van der Waals surface area contributed by atoms with Crippen molar-refractivity contribution in [2.45, 2.75) is 6.92 Å². The molecule has 0 spiro atoms. The summed E-state index contributed by atoms with van der Waals surface area (Å²) in [7, 11) is 0. The van der Waals surface area contributed by atoms with E-state index in [9.17, 15) is 9.59 Å². The van der Waals surface area contributed by atoms with Gasteiger partial charge in [-0.25, -0.2) is 4.98 Å². The number of para-hydroxylation sites is 1. The standard InChI is InChI=1S/C20H15N3O4/c1-12-15-4-2-3-5-16(15)27-18(12)20(25)23-22-19(24)14-8-6-13(7-9-14)17-10-21-11-26-17/h2-11H,1H3,(H,22,24)(H,23,25). The first-order valence-electron chi connectivity index (χ1n) is 8.21. The van der Waals surface area contributed by atoms with E-state index in [0.717, 1.165) is 10.9 Å². The summed E-state index contributed by atoms with van der Waals surface area (Å²) in [5.74, 6) is -0.190. The number of oxazole rings is 1. The molecule has 0 fully saturated rings. The summed E-state index contributed by atoms with van der Waals surface area (Å²) in [4.78, 5) is 28.4. The van der Waals surface area contributed by atoms with Gasteiger partial charge in [-0.15, -0.1) is 0 Å². The quantitative estimate of drug-likeness (QED) is 0.545. The minimum Gasteiger partial charge on any atom is -0.451 e. The summed E-state index contributed by atoms with van der Waals surface area (Å²) in [6.45, 7) is 1.80. The van der Waals surface area contributed by atoms with Gasteiger partial charge in [0.15, 0.2) is 17.9 Å². The first-order valence-corrected chi connectivity index (χ1v) is 8.21. The smallest absolute Gasteiger partial charge is 0.305 e. The molecule has 0 unspecified atom stereocenters. The largest absolute Gasteiger partial charge is 0.451 e. The van der Waals surface area contributed by atoms with E-state index in [0.29, 0.717) is 22.5 Å². The number of hydrogen-bond donors (Lipinski definition) is 2. The van der Waals surface area contributed by atoms with Gasteiger partial charge in [0.25, 0.3) is 5.91 Å². The second kappa shape index (κ2) is 6.80. The molecule has 27 heavy (non-hydrogen) atoms. The van der Waals surface area contributed by atoms with Gasteiger partial charge in [0.2, 0.25) is 0 Å². The summed E-state index contributed by atoms with van der Waals surface area (Å²) in [5.41, 5.74) is 7.29. The molecule has 0 radical (unpaired) electrons. The Hall–Kier alpha value is -3.87. The number of aromatic nitrogens is 1. The Morgan fingerprint density at radius 2 is 1.70 bits per heavy atom. The molecule has 2 aromatic carbocycles. The fourth-order valence-electron chi connectivity index (χ4n) is 2.78. The molecule has 0 aliphatic rings.